The zero-order chi connectivity index (χ0) is 14.9. The second kappa shape index (κ2) is 5.25. The minimum Gasteiger partial charge on any atom is -0.459 e. The second-order valence-corrected chi connectivity index (χ2v) is 5.73. The molecule has 4 heteroatoms. The molecule has 0 spiro atoms. The molecule has 1 aliphatic rings. The van der Waals surface area contributed by atoms with Gasteiger partial charge in [-0.1, -0.05) is 31.0 Å². The number of hydrogen-bond donors (Lipinski definition) is 1. The molecule has 0 unspecified atom stereocenters. The summed E-state index contributed by atoms with van der Waals surface area (Å²) in [6, 6.07) is 10.0. The van der Waals surface area contributed by atoms with Crippen LogP contribution in [0, 0.1) is 23.7 Å². The Kier molecular flexibility index (Phi) is 3.42. The van der Waals surface area contributed by atoms with Crippen LogP contribution in [0.25, 0.3) is 11.0 Å². The second-order valence-electron chi connectivity index (χ2n) is 5.73. The summed E-state index contributed by atoms with van der Waals surface area (Å²) >= 11 is 0. The number of nitrogens with one attached hydrogen (secondary N) is 1. The molecule has 1 aromatic heterocycles. The number of aryl methyl sites for hydroxylation is 1. The number of rotatable bonds is 3. The van der Waals surface area contributed by atoms with Crippen molar-refractivity contribution in [2.75, 3.05) is 0 Å². The number of benzene rings is 1. The fourth-order valence-electron chi connectivity index (χ4n) is 3.09. The van der Waals surface area contributed by atoms with Gasteiger partial charge in [0.05, 0.1) is 12.6 Å². The van der Waals surface area contributed by atoms with Crippen molar-refractivity contribution in [1.82, 2.24) is 5.32 Å². The Balaban J connectivity index is 1.76. The first-order valence-corrected chi connectivity index (χ1v) is 7.33. The third-order valence-electron chi connectivity index (χ3n) is 4.46. The number of carbonyl (C=O) groups excluding carboxylic acids is 1. The van der Waals surface area contributed by atoms with E-state index in [2.05, 4.69) is 11.4 Å². The van der Waals surface area contributed by atoms with Crippen LogP contribution >= 0.6 is 0 Å². The van der Waals surface area contributed by atoms with Crippen LogP contribution in [0.3, 0.4) is 0 Å². The van der Waals surface area contributed by atoms with E-state index < -0.39 is 5.41 Å². The lowest BCUT2D eigenvalue weighted by Gasteiger charge is -2.18. The monoisotopic (exact) mass is 282 g/mol. The third kappa shape index (κ3) is 2.29. The summed E-state index contributed by atoms with van der Waals surface area (Å²) in [5, 5.41) is 13.3. The highest BCUT2D eigenvalue weighted by molar-refractivity contribution is 5.86. The van der Waals surface area contributed by atoms with E-state index in [1.165, 1.54) is 0 Å². The number of carbonyl (C=O) groups is 1. The predicted octanol–water partition coefficient (Wildman–Crippen LogP) is 3.44. The average molecular weight is 282 g/mol. The van der Waals surface area contributed by atoms with Gasteiger partial charge in [-0.25, -0.2) is 0 Å². The molecular formula is C17H18N2O2. The quantitative estimate of drug-likeness (QED) is 0.937. The molecule has 4 nitrogen and oxygen atoms in total. The average Bonchev–Trinajstić information content (AvgIpc) is 3.11. The summed E-state index contributed by atoms with van der Waals surface area (Å²) in [6.07, 6.45) is 3.22. The summed E-state index contributed by atoms with van der Waals surface area (Å²) in [5.41, 5.74) is 1.04. The predicted molar refractivity (Wildman–Crippen MR) is 79.3 cm³/mol. The minimum absolute atomic E-state index is 0.164. The summed E-state index contributed by atoms with van der Waals surface area (Å²) < 4.78 is 5.78. The molecular weight excluding hydrogens is 264 g/mol. The highest BCUT2D eigenvalue weighted by atomic mass is 16.3. The van der Waals surface area contributed by atoms with Gasteiger partial charge in [0.2, 0.25) is 5.91 Å². The fourth-order valence-corrected chi connectivity index (χ4v) is 3.09. The van der Waals surface area contributed by atoms with Gasteiger partial charge >= 0.3 is 0 Å². The Labute approximate surface area is 123 Å². The van der Waals surface area contributed by atoms with Crippen molar-refractivity contribution in [1.29, 1.82) is 5.26 Å². The van der Waals surface area contributed by atoms with E-state index in [9.17, 15) is 10.1 Å². The zero-order valence-corrected chi connectivity index (χ0v) is 12.1. The van der Waals surface area contributed by atoms with Crippen LogP contribution in [0.2, 0.25) is 0 Å². The van der Waals surface area contributed by atoms with E-state index in [1.807, 2.05) is 31.2 Å². The third-order valence-corrected chi connectivity index (χ3v) is 4.46. The molecule has 3 rings (SSSR count). The van der Waals surface area contributed by atoms with Gasteiger partial charge in [-0.05, 0) is 25.8 Å². The van der Waals surface area contributed by atoms with Crippen LogP contribution < -0.4 is 5.32 Å². The fraction of sp³-hybridized carbons (Fsp3) is 0.412. The molecule has 1 amide bonds. The van der Waals surface area contributed by atoms with Gasteiger partial charge in [-0.2, -0.15) is 5.26 Å². The maximum atomic E-state index is 12.3. The normalized spacial score (nSPS) is 16.8. The molecule has 1 heterocycles. The molecule has 1 aromatic carbocycles. The number of nitriles is 1. The lowest BCUT2D eigenvalue weighted by molar-refractivity contribution is -0.128. The van der Waals surface area contributed by atoms with E-state index in [0.717, 1.165) is 35.1 Å². The molecule has 1 fully saturated rings. The van der Waals surface area contributed by atoms with Crippen molar-refractivity contribution < 1.29 is 9.21 Å². The van der Waals surface area contributed by atoms with Crippen molar-refractivity contribution in [2.24, 2.45) is 5.41 Å². The van der Waals surface area contributed by atoms with E-state index >= 15 is 0 Å². The summed E-state index contributed by atoms with van der Waals surface area (Å²) in [6.45, 7) is 2.33. The van der Waals surface area contributed by atoms with Crippen LogP contribution in [0.5, 0.6) is 0 Å². The number of hydrogen-bond acceptors (Lipinski definition) is 3. The first-order valence-electron chi connectivity index (χ1n) is 7.33. The maximum Gasteiger partial charge on any atom is 0.240 e. The maximum absolute atomic E-state index is 12.3. The van der Waals surface area contributed by atoms with Crippen molar-refractivity contribution >= 4 is 16.9 Å². The molecule has 2 aromatic rings. The molecule has 0 radical (unpaired) electrons. The van der Waals surface area contributed by atoms with E-state index in [4.69, 9.17) is 4.42 Å². The van der Waals surface area contributed by atoms with Gasteiger partial charge in [0.15, 0.2) is 0 Å². The number of nitrogens with zero attached hydrogens (tertiary/aromatic N) is 1. The van der Waals surface area contributed by atoms with Crippen LogP contribution in [0.1, 0.15) is 37.0 Å². The lowest BCUT2D eigenvalue weighted by Crippen LogP contribution is -2.37. The Bertz CT molecular complexity index is 718. The van der Waals surface area contributed by atoms with Crippen LogP contribution in [0.4, 0.5) is 0 Å². The van der Waals surface area contributed by atoms with Gasteiger partial charge in [0.1, 0.15) is 16.8 Å². The largest absolute Gasteiger partial charge is 0.459 e. The van der Waals surface area contributed by atoms with Gasteiger partial charge in [0, 0.05) is 10.9 Å². The Morgan fingerprint density at radius 3 is 2.76 bits per heavy atom. The highest BCUT2D eigenvalue weighted by Gasteiger charge is 2.41. The van der Waals surface area contributed by atoms with E-state index in [-0.39, 0.29) is 5.91 Å². The summed E-state index contributed by atoms with van der Waals surface area (Å²) in [7, 11) is 0. The number of furan rings is 1. The van der Waals surface area contributed by atoms with E-state index in [1.54, 1.807) is 0 Å². The standard InChI is InChI=1S/C17H18N2O2/c1-12-13-6-2-3-7-14(13)21-15(12)10-19-16(20)17(11-18)8-4-5-9-17/h2-3,6-7H,4-5,8-10H2,1H3,(H,19,20). The van der Waals surface area contributed by atoms with Crippen LogP contribution in [0.15, 0.2) is 28.7 Å². The van der Waals surface area contributed by atoms with Crippen molar-refractivity contribution in [3.8, 4) is 6.07 Å². The van der Waals surface area contributed by atoms with Gasteiger partial charge in [-0.15, -0.1) is 0 Å². The summed E-state index contributed by atoms with van der Waals surface area (Å²) in [4.78, 5) is 12.3. The van der Waals surface area contributed by atoms with Gasteiger partial charge in [-0.3, -0.25) is 4.79 Å². The molecule has 0 aliphatic heterocycles. The van der Waals surface area contributed by atoms with Crippen LogP contribution in [-0.2, 0) is 11.3 Å². The molecule has 1 N–H and O–H groups in total. The van der Waals surface area contributed by atoms with Gasteiger partial charge in [0.25, 0.3) is 0 Å². The Hall–Kier alpha value is -2.28. The number of fused-ring (bicyclic) bond motifs is 1. The highest BCUT2D eigenvalue weighted by Crippen LogP contribution is 2.37. The molecule has 0 atom stereocenters. The minimum atomic E-state index is -0.833. The number of amides is 1. The smallest absolute Gasteiger partial charge is 0.240 e. The molecule has 0 saturated heterocycles. The lowest BCUT2D eigenvalue weighted by atomic mass is 9.87. The topological polar surface area (TPSA) is 66.0 Å². The van der Waals surface area contributed by atoms with Crippen LogP contribution in [-0.4, -0.2) is 5.91 Å². The first-order chi connectivity index (χ1) is 10.2. The van der Waals surface area contributed by atoms with Crippen molar-refractivity contribution in [3.63, 3.8) is 0 Å². The zero-order valence-electron chi connectivity index (χ0n) is 12.1. The first kappa shape index (κ1) is 13.7. The molecule has 0 bridgehead atoms. The molecule has 1 saturated carbocycles. The Morgan fingerprint density at radius 1 is 1.38 bits per heavy atom. The summed E-state index contributed by atoms with van der Waals surface area (Å²) in [5.74, 6) is 0.595. The van der Waals surface area contributed by atoms with Crippen molar-refractivity contribution in [3.05, 3.63) is 35.6 Å². The molecule has 108 valence electrons. The Morgan fingerprint density at radius 2 is 2.10 bits per heavy atom. The van der Waals surface area contributed by atoms with Crippen molar-refractivity contribution in [2.45, 2.75) is 39.2 Å². The number of para-hydroxylation sites is 1. The molecule has 21 heavy (non-hydrogen) atoms. The van der Waals surface area contributed by atoms with Gasteiger partial charge < -0.3 is 9.73 Å². The van der Waals surface area contributed by atoms with E-state index in [0.29, 0.717) is 19.4 Å². The molecule has 1 aliphatic carbocycles. The SMILES string of the molecule is Cc1c(CNC(=O)C2(C#N)CCCC2)oc2ccccc12.